The summed E-state index contributed by atoms with van der Waals surface area (Å²) in [7, 11) is 0. The van der Waals surface area contributed by atoms with Crippen LogP contribution in [-0.2, 0) is 9.59 Å². The highest BCUT2D eigenvalue weighted by molar-refractivity contribution is 7.13. The number of anilines is 2. The lowest BCUT2D eigenvalue weighted by Gasteiger charge is -2.46. The van der Waals surface area contributed by atoms with E-state index in [1.165, 1.54) is 11.3 Å². The Morgan fingerprint density at radius 3 is 2.58 bits per heavy atom. The highest BCUT2D eigenvalue weighted by Gasteiger charge is 2.44. The molecule has 3 fully saturated rings. The molecule has 0 saturated carbocycles. The van der Waals surface area contributed by atoms with Gasteiger partial charge in [0, 0.05) is 63.9 Å². The fourth-order valence-electron chi connectivity index (χ4n) is 10.5. The lowest BCUT2D eigenvalue weighted by molar-refractivity contribution is -0.141. The zero-order chi connectivity index (χ0) is 46.8. The number of carbonyl (C=O) groups excluding carboxylic acids is 2. The molecule has 7 atom stereocenters. The molecule has 4 N–H and O–H groups in total. The van der Waals surface area contributed by atoms with E-state index in [-0.39, 0.29) is 48.6 Å². The molecule has 9 rings (SSSR count). The van der Waals surface area contributed by atoms with Gasteiger partial charge in [-0.3, -0.25) is 19.4 Å². The van der Waals surface area contributed by atoms with Crippen molar-refractivity contribution >= 4 is 34.7 Å². The van der Waals surface area contributed by atoms with E-state index in [0.717, 1.165) is 98.4 Å². The van der Waals surface area contributed by atoms with Crippen molar-refractivity contribution in [1.82, 2.24) is 40.4 Å². The normalized spacial score (nSPS) is 22.6. The number of aromatic hydroxyl groups is 1. The van der Waals surface area contributed by atoms with Gasteiger partial charge < -0.3 is 39.9 Å². The van der Waals surface area contributed by atoms with Gasteiger partial charge in [0.25, 0.3) is 5.88 Å². The van der Waals surface area contributed by atoms with E-state index >= 15 is 0 Å². The number of nitrogens with zero attached hydrogens (tertiary/aromatic N) is 8. The summed E-state index contributed by atoms with van der Waals surface area (Å²) in [4.78, 5) is 42.6. The van der Waals surface area contributed by atoms with E-state index in [1.54, 1.807) is 23.5 Å². The van der Waals surface area contributed by atoms with Crippen LogP contribution in [-0.4, -0.2) is 140 Å². The highest BCUT2D eigenvalue weighted by atomic mass is 32.1. The van der Waals surface area contributed by atoms with Gasteiger partial charge in [-0.15, -0.1) is 21.5 Å². The maximum absolute atomic E-state index is 14.3. The number of aliphatic hydroxyl groups excluding tert-OH is 1. The smallest absolute Gasteiger partial charge is 0.254 e. The van der Waals surface area contributed by atoms with Gasteiger partial charge in [0.1, 0.15) is 23.8 Å². The summed E-state index contributed by atoms with van der Waals surface area (Å²) < 4.78 is 12.1. The van der Waals surface area contributed by atoms with Crippen LogP contribution in [0.4, 0.5) is 11.5 Å². The molecule has 4 aliphatic rings. The summed E-state index contributed by atoms with van der Waals surface area (Å²) in [6.45, 7) is 17.4. The number of aromatic nitrogens is 4. The highest BCUT2D eigenvalue weighted by Crippen LogP contribution is 2.37. The van der Waals surface area contributed by atoms with Crippen molar-refractivity contribution in [3.05, 3.63) is 83.2 Å². The Balaban J connectivity index is 0.749. The van der Waals surface area contributed by atoms with Crippen LogP contribution < -0.4 is 20.3 Å². The monoisotopic (exact) mass is 932 g/mol. The zero-order valence-electron chi connectivity index (χ0n) is 39.2. The molecular weight excluding hydrogens is 869 g/mol. The van der Waals surface area contributed by atoms with Gasteiger partial charge in [-0.05, 0) is 99.4 Å². The van der Waals surface area contributed by atoms with E-state index in [4.69, 9.17) is 9.26 Å². The fourth-order valence-corrected chi connectivity index (χ4v) is 11.3. The second kappa shape index (κ2) is 20.3. The Labute approximate surface area is 396 Å². The molecule has 0 aliphatic carbocycles. The number of benzene rings is 2. The van der Waals surface area contributed by atoms with E-state index in [0.29, 0.717) is 34.9 Å². The molecule has 356 valence electrons. The lowest BCUT2D eigenvalue weighted by Crippen LogP contribution is -2.58. The van der Waals surface area contributed by atoms with Gasteiger partial charge in [0.15, 0.2) is 11.6 Å². The summed E-state index contributed by atoms with van der Waals surface area (Å²) in [5, 5.41) is 40.9. The fraction of sp³-hybridized carbons (Fsp3) is 0.520. The van der Waals surface area contributed by atoms with Crippen LogP contribution in [0.5, 0.6) is 11.6 Å². The van der Waals surface area contributed by atoms with Gasteiger partial charge in [-0.25, -0.2) is 4.98 Å². The van der Waals surface area contributed by atoms with Crippen molar-refractivity contribution in [3.63, 3.8) is 0 Å². The Morgan fingerprint density at radius 1 is 0.985 bits per heavy atom. The molecule has 0 radical (unpaired) electrons. The zero-order valence-corrected chi connectivity index (χ0v) is 40.0. The maximum Gasteiger partial charge on any atom is 0.254 e. The first-order chi connectivity index (χ1) is 32.4. The minimum atomic E-state index is -0.822. The number of β-amino-alcohol motifs (C(OH)–C–C–N with tert-alkyl or cyclic N) is 1. The molecule has 3 saturated heterocycles. The number of carbonyl (C=O) groups is 2. The number of nitrogens with one attached hydrogen (secondary N) is 2. The average molecular weight is 933 g/mol. The van der Waals surface area contributed by atoms with Crippen molar-refractivity contribution in [1.29, 1.82) is 0 Å². The van der Waals surface area contributed by atoms with Crippen LogP contribution in [0.25, 0.3) is 21.7 Å². The molecule has 0 bridgehead atoms. The second-order valence-corrected chi connectivity index (χ2v) is 20.2. The number of piperazine rings is 1. The van der Waals surface area contributed by atoms with E-state index in [1.807, 2.05) is 82.6 Å². The van der Waals surface area contributed by atoms with Crippen molar-refractivity contribution in [2.24, 2.45) is 11.8 Å². The number of fused-ring (bicyclic) bond motifs is 3. The standard InChI is InChI=1S/C50H64N10O6S/c1-30(2)46(50(64)60-28-38(61)21-42(60)49(63)53-32(4)35-12-14-36(15-13-35)47-33(5)52-29-67-47)44-23-45(56-66-44)65-31(3)25-57-17-8-9-34(16-18-57)26-58-19-20-59-37(27-58)24-51-48-41(59)22-40(54-55-48)39-10-6-7-11-43(39)62/h6-7,10-15,22-23,29-32,34,37-38,42,46,61-62H,8-9,16-21,24-28H2,1-5H3,(H,51,55)(H,53,63)/t31?,32-,34?,37-,38+,42-,46+/m0/s1. The minimum absolute atomic E-state index is 0.0614. The van der Waals surface area contributed by atoms with Gasteiger partial charge in [-0.1, -0.05) is 50.2 Å². The number of amides is 2. The van der Waals surface area contributed by atoms with E-state index in [9.17, 15) is 19.8 Å². The molecule has 2 aromatic carbocycles. The first-order valence-corrected chi connectivity index (χ1v) is 24.8. The molecule has 4 aliphatic heterocycles. The summed E-state index contributed by atoms with van der Waals surface area (Å²) in [6.07, 6.45) is 2.61. The molecular formula is C50H64N10O6S. The number of hydrogen-bond donors (Lipinski definition) is 4. The Morgan fingerprint density at radius 2 is 1.81 bits per heavy atom. The molecule has 2 unspecified atom stereocenters. The number of aliphatic hydroxyl groups is 1. The van der Waals surface area contributed by atoms with Crippen molar-refractivity contribution in [3.8, 4) is 33.3 Å². The number of ether oxygens (including phenoxy) is 1. The minimum Gasteiger partial charge on any atom is -0.507 e. The topological polar surface area (TPSA) is 186 Å². The van der Waals surface area contributed by atoms with Crippen LogP contribution in [0.2, 0.25) is 0 Å². The molecule has 3 aromatic heterocycles. The van der Waals surface area contributed by atoms with E-state index in [2.05, 4.69) is 51.7 Å². The third-order valence-electron chi connectivity index (χ3n) is 14.0. The van der Waals surface area contributed by atoms with E-state index < -0.39 is 18.1 Å². The van der Waals surface area contributed by atoms with Gasteiger partial charge in [0.05, 0.1) is 45.7 Å². The summed E-state index contributed by atoms with van der Waals surface area (Å²) in [5.74, 6) is 0.849. The number of likely N-dealkylation sites (tertiary alicyclic amines) is 2. The first-order valence-electron chi connectivity index (χ1n) is 23.9. The molecule has 2 amide bonds. The summed E-state index contributed by atoms with van der Waals surface area (Å²) >= 11 is 1.60. The van der Waals surface area contributed by atoms with Gasteiger partial charge in [-0.2, -0.15) is 0 Å². The predicted octanol–water partition coefficient (Wildman–Crippen LogP) is 6.33. The van der Waals surface area contributed by atoms with Crippen molar-refractivity contribution < 1.29 is 29.1 Å². The Kier molecular flexibility index (Phi) is 14.1. The molecule has 16 nitrogen and oxygen atoms in total. The molecule has 7 heterocycles. The molecule has 67 heavy (non-hydrogen) atoms. The maximum atomic E-state index is 14.3. The number of rotatable bonds is 14. The summed E-state index contributed by atoms with van der Waals surface area (Å²) in [6, 6.07) is 18.3. The number of thiazole rings is 1. The van der Waals surface area contributed by atoms with Crippen LogP contribution in [0, 0.1) is 18.8 Å². The van der Waals surface area contributed by atoms with Crippen LogP contribution >= 0.6 is 11.3 Å². The molecule has 5 aromatic rings. The Bertz CT molecular complexity index is 2500. The number of aryl methyl sites for hydroxylation is 1. The third kappa shape index (κ3) is 10.4. The van der Waals surface area contributed by atoms with Gasteiger partial charge >= 0.3 is 0 Å². The number of hydrogen-bond acceptors (Lipinski definition) is 15. The number of para-hydroxylation sites is 1. The third-order valence-corrected chi connectivity index (χ3v) is 15.0. The molecule has 17 heteroatoms. The number of phenolic OH excluding ortho intramolecular Hbond substituents is 1. The van der Waals surface area contributed by atoms with Crippen LogP contribution in [0.15, 0.2) is 70.7 Å². The van der Waals surface area contributed by atoms with Gasteiger partial charge in [0.2, 0.25) is 11.8 Å². The average Bonchev–Trinajstić information content (AvgIpc) is 4.03. The lowest BCUT2D eigenvalue weighted by atomic mass is 9.91. The predicted molar refractivity (Wildman–Crippen MR) is 258 cm³/mol. The Hall–Kier alpha value is -5.62. The van der Waals surface area contributed by atoms with Crippen LogP contribution in [0.3, 0.4) is 0 Å². The summed E-state index contributed by atoms with van der Waals surface area (Å²) in [5.41, 5.74) is 7.23. The number of phenols is 1. The molecule has 0 spiro atoms. The second-order valence-electron chi connectivity index (χ2n) is 19.3. The van der Waals surface area contributed by atoms with Crippen molar-refractivity contribution in [2.75, 3.05) is 69.1 Å². The SMILES string of the molecule is Cc1ncsc1-c1ccc([C@H](C)NC(=O)[C@@H]2C[C@@H](O)CN2C(=O)[C@@H](c2cc(OC(C)CN3CCCC(CN4CCN5c6cc(-c7ccccc7O)nnc6NC[C@H]5C4)CC3)no2)C(C)C)cc1. The largest absolute Gasteiger partial charge is 0.507 e. The van der Waals surface area contributed by atoms with Crippen LogP contribution in [0.1, 0.15) is 82.4 Å². The van der Waals surface area contributed by atoms with Crippen molar-refractivity contribution in [2.45, 2.75) is 96.6 Å². The first kappa shape index (κ1) is 46.5. The quantitative estimate of drug-likeness (QED) is 0.0968.